The van der Waals surface area contributed by atoms with E-state index in [0.29, 0.717) is 49.6 Å². The molecule has 0 spiro atoms. The number of halogens is 3. The van der Waals surface area contributed by atoms with E-state index in [9.17, 15) is 22.8 Å². The molecule has 8 nitrogen and oxygen atoms in total. The summed E-state index contributed by atoms with van der Waals surface area (Å²) in [6.07, 6.45) is -4.10. The Labute approximate surface area is 159 Å². The third-order valence-electron chi connectivity index (χ3n) is 4.97. The first-order chi connectivity index (χ1) is 13.1. The van der Waals surface area contributed by atoms with Crippen molar-refractivity contribution in [1.82, 2.24) is 29.4 Å². The predicted molar refractivity (Wildman–Crippen MR) is 92.4 cm³/mol. The largest absolute Gasteiger partial charge is 0.453 e. The van der Waals surface area contributed by atoms with Crippen molar-refractivity contribution in [2.75, 3.05) is 26.2 Å². The smallest absolute Gasteiger partial charge is 0.339 e. The molecule has 0 aromatic carbocycles. The lowest BCUT2D eigenvalue weighted by Gasteiger charge is -2.34. The quantitative estimate of drug-likeness (QED) is 0.780. The minimum absolute atomic E-state index is 0.0104. The number of aromatic nitrogens is 4. The molecule has 2 aromatic heterocycles. The summed E-state index contributed by atoms with van der Waals surface area (Å²) >= 11 is 0. The minimum Gasteiger partial charge on any atom is -0.339 e. The summed E-state index contributed by atoms with van der Waals surface area (Å²) in [4.78, 5) is 34.8. The Balaban J connectivity index is 1.72. The van der Waals surface area contributed by atoms with E-state index in [0.717, 1.165) is 4.52 Å². The first-order valence-corrected chi connectivity index (χ1v) is 8.91. The topological polar surface area (TPSA) is 83.7 Å². The van der Waals surface area contributed by atoms with Crippen molar-refractivity contribution in [3.63, 3.8) is 0 Å². The van der Waals surface area contributed by atoms with E-state index in [1.165, 1.54) is 6.92 Å². The van der Waals surface area contributed by atoms with Crippen LogP contribution in [0.5, 0.6) is 0 Å². The minimum atomic E-state index is -4.65. The molecule has 1 fully saturated rings. The van der Waals surface area contributed by atoms with Gasteiger partial charge in [0.2, 0.25) is 11.8 Å². The number of carbonyl (C=O) groups excluding carboxylic acids is 2. The van der Waals surface area contributed by atoms with Gasteiger partial charge in [0.1, 0.15) is 0 Å². The fourth-order valence-electron chi connectivity index (χ4n) is 3.35. The number of piperazine rings is 1. The van der Waals surface area contributed by atoms with Crippen molar-refractivity contribution in [1.29, 1.82) is 0 Å². The Bertz CT molecular complexity index is 916. The van der Waals surface area contributed by atoms with Crippen molar-refractivity contribution in [3.8, 4) is 0 Å². The number of fused-ring (bicyclic) bond motifs is 1. The lowest BCUT2D eigenvalue weighted by Crippen LogP contribution is -2.50. The van der Waals surface area contributed by atoms with E-state index in [1.54, 1.807) is 23.6 Å². The van der Waals surface area contributed by atoms with Gasteiger partial charge in [0.25, 0.3) is 11.6 Å². The van der Waals surface area contributed by atoms with Crippen molar-refractivity contribution in [3.05, 3.63) is 22.8 Å². The van der Waals surface area contributed by atoms with Gasteiger partial charge in [0.15, 0.2) is 0 Å². The summed E-state index contributed by atoms with van der Waals surface area (Å²) in [5, 5.41) is 3.51. The van der Waals surface area contributed by atoms with Gasteiger partial charge < -0.3 is 9.80 Å². The van der Waals surface area contributed by atoms with Crippen LogP contribution < -0.4 is 0 Å². The second kappa shape index (κ2) is 7.36. The molecule has 28 heavy (non-hydrogen) atoms. The highest BCUT2D eigenvalue weighted by atomic mass is 19.4. The standard InChI is InChI=1S/C17H21F3N6O2/c1-10-13(4-5-14(28)25-8-6-24(7-9-25)12(3)27)11(2)26-16(21-10)22-15(23-26)17(18,19)20/h4-9H2,1-3H3. The van der Waals surface area contributed by atoms with Crippen LogP contribution in [-0.4, -0.2) is 67.4 Å². The Kier molecular flexibility index (Phi) is 5.26. The maximum absolute atomic E-state index is 12.9. The summed E-state index contributed by atoms with van der Waals surface area (Å²) < 4.78 is 39.6. The molecule has 1 aliphatic heterocycles. The van der Waals surface area contributed by atoms with Crippen LogP contribution in [0.15, 0.2) is 0 Å². The fourth-order valence-corrected chi connectivity index (χ4v) is 3.35. The predicted octanol–water partition coefficient (Wildman–Crippen LogP) is 1.38. The zero-order chi connectivity index (χ0) is 20.6. The second-order valence-electron chi connectivity index (χ2n) is 6.79. The van der Waals surface area contributed by atoms with Gasteiger partial charge in [-0.05, 0) is 25.8 Å². The molecule has 0 aliphatic carbocycles. The molecule has 152 valence electrons. The normalized spacial score (nSPS) is 15.4. The molecule has 0 atom stereocenters. The molecule has 3 rings (SSSR count). The molecule has 11 heteroatoms. The molecule has 2 amide bonds. The van der Waals surface area contributed by atoms with E-state index in [4.69, 9.17) is 0 Å². The first-order valence-electron chi connectivity index (χ1n) is 8.91. The Morgan fingerprint density at radius 2 is 1.64 bits per heavy atom. The summed E-state index contributed by atoms with van der Waals surface area (Å²) in [7, 11) is 0. The van der Waals surface area contributed by atoms with Crippen molar-refractivity contribution < 1.29 is 22.8 Å². The average molecular weight is 398 g/mol. The number of nitrogens with zero attached hydrogens (tertiary/aromatic N) is 6. The van der Waals surface area contributed by atoms with Crippen molar-refractivity contribution >= 4 is 17.6 Å². The summed E-state index contributed by atoms with van der Waals surface area (Å²) in [6, 6.07) is 0. The molecule has 0 bridgehead atoms. The average Bonchev–Trinajstić information content (AvgIpc) is 3.06. The molecule has 1 saturated heterocycles. The van der Waals surface area contributed by atoms with E-state index < -0.39 is 12.0 Å². The number of aryl methyl sites for hydroxylation is 2. The maximum Gasteiger partial charge on any atom is 0.453 e. The number of hydrogen-bond acceptors (Lipinski definition) is 5. The lowest BCUT2D eigenvalue weighted by molar-refractivity contribution is -0.144. The summed E-state index contributed by atoms with van der Waals surface area (Å²) in [6.45, 7) is 6.79. The third-order valence-corrected chi connectivity index (χ3v) is 4.97. The van der Waals surface area contributed by atoms with Gasteiger partial charge in [-0.1, -0.05) is 0 Å². The Hall–Kier alpha value is -2.72. The fraction of sp³-hybridized carbons (Fsp3) is 0.588. The van der Waals surface area contributed by atoms with Crippen LogP contribution in [0.1, 0.15) is 36.1 Å². The van der Waals surface area contributed by atoms with Crippen LogP contribution in [-0.2, 0) is 22.2 Å². The summed E-state index contributed by atoms with van der Waals surface area (Å²) in [5.41, 5.74) is 1.70. The number of rotatable bonds is 3. The number of alkyl halides is 3. The zero-order valence-corrected chi connectivity index (χ0v) is 15.9. The molecular weight excluding hydrogens is 377 g/mol. The van der Waals surface area contributed by atoms with Gasteiger partial charge >= 0.3 is 6.18 Å². The van der Waals surface area contributed by atoms with Crippen LogP contribution in [0.4, 0.5) is 13.2 Å². The molecule has 0 saturated carbocycles. The van der Waals surface area contributed by atoms with E-state index >= 15 is 0 Å². The highest BCUT2D eigenvalue weighted by molar-refractivity contribution is 5.77. The number of carbonyl (C=O) groups is 2. The molecule has 0 radical (unpaired) electrons. The van der Waals surface area contributed by atoms with Crippen LogP contribution in [0.3, 0.4) is 0 Å². The van der Waals surface area contributed by atoms with Crippen LogP contribution in [0.2, 0.25) is 0 Å². The van der Waals surface area contributed by atoms with Gasteiger partial charge in [0.05, 0.1) is 0 Å². The monoisotopic (exact) mass is 398 g/mol. The van der Waals surface area contributed by atoms with Gasteiger partial charge in [-0.15, -0.1) is 5.10 Å². The summed E-state index contributed by atoms with van der Waals surface area (Å²) in [5.74, 6) is -1.42. The number of amides is 2. The van der Waals surface area contributed by atoms with Crippen molar-refractivity contribution in [2.24, 2.45) is 0 Å². The molecular formula is C17H21F3N6O2. The third kappa shape index (κ3) is 3.92. The molecule has 1 aliphatic rings. The Morgan fingerprint density at radius 1 is 1.04 bits per heavy atom. The first kappa shape index (κ1) is 20.0. The maximum atomic E-state index is 12.9. The SMILES string of the molecule is CC(=O)N1CCN(C(=O)CCc2c(C)nc3nc(C(F)(F)F)nn3c2C)CC1. The highest BCUT2D eigenvalue weighted by Gasteiger charge is 2.37. The molecule has 0 unspecified atom stereocenters. The van der Waals surface area contributed by atoms with Gasteiger partial charge in [-0.3, -0.25) is 9.59 Å². The van der Waals surface area contributed by atoms with Crippen LogP contribution in [0, 0.1) is 13.8 Å². The van der Waals surface area contributed by atoms with Crippen LogP contribution in [0.25, 0.3) is 5.78 Å². The number of hydrogen-bond donors (Lipinski definition) is 0. The van der Waals surface area contributed by atoms with Gasteiger partial charge in [0, 0.05) is 50.9 Å². The lowest BCUT2D eigenvalue weighted by atomic mass is 10.1. The second-order valence-corrected chi connectivity index (χ2v) is 6.79. The van der Waals surface area contributed by atoms with E-state index in [1.807, 2.05) is 0 Å². The van der Waals surface area contributed by atoms with Gasteiger partial charge in [-0.2, -0.15) is 18.2 Å². The molecule has 3 heterocycles. The van der Waals surface area contributed by atoms with Gasteiger partial charge in [-0.25, -0.2) is 9.50 Å². The van der Waals surface area contributed by atoms with E-state index in [-0.39, 0.29) is 24.0 Å². The highest BCUT2D eigenvalue weighted by Crippen LogP contribution is 2.27. The molecule has 0 N–H and O–H groups in total. The molecule has 2 aromatic rings. The van der Waals surface area contributed by atoms with Crippen LogP contribution >= 0.6 is 0 Å². The zero-order valence-electron chi connectivity index (χ0n) is 15.9. The van der Waals surface area contributed by atoms with Crippen molar-refractivity contribution in [2.45, 2.75) is 39.8 Å². The Morgan fingerprint density at radius 3 is 2.21 bits per heavy atom. The van der Waals surface area contributed by atoms with E-state index in [2.05, 4.69) is 15.1 Å².